The lowest BCUT2D eigenvalue weighted by molar-refractivity contribution is -0.143. The number of benzene rings is 2. The minimum Gasteiger partial charge on any atom is -0.508 e. The molecule has 7 nitrogen and oxygen atoms in total. The number of aromatic hydroxyl groups is 1. The van der Waals surface area contributed by atoms with Crippen molar-refractivity contribution < 1.29 is 24.2 Å². The second-order valence-electron chi connectivity index (χ2n) is 7.87. The first-order valence-corrected chi connectivity index (χ1v) is 11.3. The van der Waals surface area contributed by atoms with E-state index in [0.29, 0.717) is 26.0 Å². The van der Waals surface area contributed by atoms with Crippen LogP contribution in [0, 0.1) is 0 Å². The summed E-state index contributed by atoms with van der Waals surface area (Å²) in [7, 11) is 1.68. The molecule has 33 heavy (non-hydrogen) atoms. The molecule has 1 aliphatic heterocycles. The van der Waals surface area contributed by atoms with Crippen LogP contribution in [0.25, 0.3) is 10.9 Å². The van der Waals surface area contributed by atoms with Gasteiger partial charge in [-0.15, -0.1) is 0 Å². The number of carbonyl (C=O) groups is 2. The number of nitrogens with one attached hydrogen (secondary N) is 1. The quantitative estimate of drug-likeness (QED) is 0.416. The zero-order chi connectivity index (χ0) is 23.8. The number of phenolic OH excluding ortho intramolecular Hbond substituents is 1. The molecule has 0 saturated heterocycles. The molecule has 0 aliphatic carbocycles. The van der Waals surface area contributed by atoms with Crippen LogP contribution in [-0.2, 0) is 31.9 Å². The number of rotatable bonds is 7. The van der Waals surface area contributed by atoms with E-state index >= 15 is 0 Å². The summed E-state index contributed by atoms with van der Waals surface area (Å²) in [4.78, 5) is 28.6. The number of hydrogen-bond acceptors (Lipinski definition) is 5. The van der Waals surface area contributed by atoms with Gasteiger partial charge in [-0.3, -0.25) is 9.59 Å². The van der Waals surface area contributed by atoms with Crippen molar-refractivity contribution in [2.24, 2.45) is 0 Å². The molecule has 0 radical (unpaired) electrons. The van der Waals surface area contributed by atoms with Crippen LogP contribution >= 0.6 is 0 Å². The molecule has 1 amide bonds. The van der Waals surface area contributed by atoms with Crippen LogP contribution in [0.4, 0.5) is 0 Å². The molecule has 1 aliphatic rings. The number of ether oxygens (including phenoxy) is 2. The van der Waals surface area contributed by atoms with Gasteiger partial charge in [-0.25, -0.2) is 0 Å². The fourth-order valence-corrected chi connectivity index (χ4v) is 4.11. The average Bonchev–Trinajstić information content (AvgIpc) is 3.20. The Morgan fingerprint density at radius 3 is 2.55 bits per heavy atom. The highest BCUT2D eigenvalue weighted by molar-refractivity contribution is 5.87. The van der Waals surface area contributed by atoms with E-state index in [1.165, 1.54) is 0 Å². The van der Waals surface area contributed by atoms with E-state index in [2.05, 4.69) is 9.72 Å². The number of aromatic nitrogens is 1. The molecule has 3 aromatic rings. The third kappa shape index (κ3) is 5.73. The van der Waals surface area contributed by atoms with Crippen molar-refractivity contribution in [2.75, 3.05) is 26.9 Å². The fraction of sp³-hybridized carbons (Fsp3) is 0.385. The summed E-state index contributed by atoms with van der Waals surface area (Å²) in [5.41, 5.74) is 5.15. The number of hydrogen-bond donors (Lipinski definition) is 2. The number of fused-ring (bicyclic) bond motifs is 3. The molecule has 2 aromatic carbocycles. The van der Waals surface area contributed by atoms with E-state index in [0.717, 1.165) is 52.7 Å². The fourth-order valence-electron chi connectivity index (χ4n) is 4.11. The number of aryl methyl sites for hydroxylation is 1. The summed E-state index contributed by atoms with van der Waals surface area (Å²) in [6.45, 7) is 5.59. The van der Waals surface area contributed by atoms with Gasteiger partial charge in [-0.2, -0.15) is 0 Å². The smallest absolute Gasteiger partial charge is 0.306 e. The molecule has 4 rings (SSSR count). The first-order chi connectivity index (χ1) is 16.0. The van der Waals surface area contributed by atoms with Crippen molar-refractivity contribution in [3.8, 4) is 5.75 Å². The molecule has 1 atom stereocenters. The van der Waals surface area contributed by atoms with Crippen molar-refractivity contribution in [3.63, 3.8) is 0 Å². The molecule has 1 aromatic heterocycles. The van der Waals surface area contributed by atoms with Gasteiger partial charge >= 0.3 is 5.97 Å². The van der Waals surface area contributed by atoms with E-state index in [1.54, 1.807) is 31.1 Å². The van der Waals surface area contributed by atoms with Crippen molar-refractivity contribution in [1.82, 2.24) is 9.88 Å². The minimum atomic E-state index is -0.204. The standard InChI is InChI=1S/C23H24N2O4.C3H8O/c1-2-29-21(28)10-5-15-3-6-16(7-4-15)23-22-18(11-12-25(23)14-26)19-13-17(27)8-9-20(19)24-22;1-3-4-2/h3-4,6-9,13-14,23-24,27H,2,5,10-12H2,1H3;3H2,1-2H3. The van der Waals surface area contributed by atoms with Gasteiger partial charge in [0.1, 0.15) is 5.75 Å². The third-order valence-electron chi connectivity index (χ3n) is 5.79. The molecule has 0 bridgehead atoms. The first-order valence-electron chi connectivity index (χ1n) is 11.3. The molecule has 1 unspecified atom stereocenters. The Bertz CT molecular complexity index is 1070. The zero-order valence-corrected chi connectivity index (χ0v) is 19.5. The Labute approximate surface area is 194 Å². The number of amides is 1. The topological polar surface area (TPSA) is 91.9 Å². The van der Waals surface area contributed by atoms with Crippen LogP contribution in [0.2, 0.25) is 0 Å². The molecule has 0 spiro atoms. The molecular formula is C26H32N2O5. The van der Waals surface area contributed by atoms with E-state index in [4.69, 9.17) is 4.74 Å². The van der Waals surface area contributed by atoms with E-state index in [-0.39, 0.29) is 17.8 Å². The second-order valence-corrected chi connectivity index (χ2v) is 7.87. The van der Waals surface area contributed by atoms with Gasteiger partial charge in [0.15, 0.2) is 0 Å². The van der Waals surface area contributed by atoms with Gasteiger partial charge in [-0.05, 0) is 61.6 Å². The minimum absolute atomic E-state index is 0.193. The maximum absolute atomic E-state index is 11.7. The van der Waals surface area contributed by atoms with Gasteiger partial charge in [0.2, 0.25) is 6.41 Å². The van der Waals surface area contributed by atoms with E-state index in [1.807, 2.05) is 37.3 Å². The summed E-state index contributed by atoms with van der Waals surface area (Å²) in [5.74, 6) is 0.0431. The number of esters is 1. The number of aromatic amines is 1. The summed E-state index contributed by atoms with van der Waals surface area (Å²) in [6.07, 6.45) is 2.61. The number of methoxy groups -OCH3 is 1. The third-order valence-corrected chi connectivity index (χ3v) is 5.79. The number of nitrogens with zero attached hydrogens (tertiary/aromatic N) is 1. The Hall–Kier alpha value is -3.32. The lowest BCUT2D eigenvalue weighted by Gasteiger charge is -2.33. The van der Waals surface area contributed by atoms with Crippen molar-refractivity contribution in [3.05, 3.63) is 64.8 Å². The zero-order valence-electron chi connectivity index (χ0n) is 19.5. The maximum Gasteiger partial charge on any atom is 0.306 e. The Balaban J connectivity index is 0.000000709. The first kappa shape index (κ1) is 24.3. The van der Waals surface area contributed by atoms with Gasteiger partial charge in [-0.1, -0.05) is 24.3 Å². The van der Waals surface area contributed by atoms with Crippen molar-refractivity contribution in [2.45, 2.75) is 39.2 Å². The number of carbonyl (C=O) groups excluding carboxylic acids is 2. The highest BCUT2D eigenvalue weighted by atomic mass is 16.5. The van der Waals surface area contributed by atoms with Crippen LogP contribution in [0.15, 0.2) is 42.5 Å². The van der Waals surface area contributed by atoms with Gasteiger partial charge < -0.3 is 24.5 Å². The van der Waals surface area contributed by atoms with Gasteiger partial charge in [0.25, 0.3) is 0 Å². The maximum atomic E-state index is 11.7. The predicted octanol–water partition coefficient (Wildman–Crippen LogP) is 4.13. The lowest BCUT2D eigenvalue weighted by atomic mass is 9.92. The van der Waals surface area contributed by atoms with Crippen LogP contribution < -0.4 is 0 Å². The van der Waals surface area contributed by atoms with Crippen LogP contribution in [0.3, 0.4) is 0 Å². The highest BCUT2D eigenvalue weighted by Gasteiger charge is 2.31. The molecule has 2 N–H and O–H groups in total. The normalized spacial score (nSPS) is 14.9. The van der Waals surface area contributed by atoms with Crippen LogP contribution in [-0.4, -0.2) is 54.2 Å². The number of H-pyrrole nitrogens is 1. The Morgan fingerprint density at radius 2 is 1.91 bits per heavy atom. The molecular weight excluding hydrogens is 420 g/mol. The molecule has 176 valence electrons. The largest absolute Gasteiger partial charge is 0.508 e. The summed E-state index contributed by atoms with van der Waals surface area (Å²) < 4.78 is 9.52. The Kier molecular flexibility index (Phi) is 8.49. The van der Waals surface area contributed by atoms with E-state index < -0.39 is 0 Å². The van der Waals surface area contributed by atoms with Crippen LogP contribution in [0.1, 0.15) is 48.7 Å². The molecule has 2 heterocycles. The van der Waals surface area contributed by atoms with Crippen molar-refractivity contribution in [1.29, 1.82) is 0 Å². The van der Waals surface area contributed by atoms with Crippen molar-refractivity contribution >= 4 is 23.3 Å². The molecule has 0 fully saturated rings. The summed E-state index contributed by atoms with van der Waals surface area (Å²) in [6, 6.07) is 13.1. The molecule has 0 saturated carbocycles. The monoisotopic (exact) mass is 452 g/mol. The highest BCUT2D eigenvalue weighted by Crippen LogP contribution is 2.38. The summed E-state index contributed by atoms with van der Waals surface area (Å²) in [5, 5.41) is 10.9. The average molecular weight is 453 g/mol. The van der Waals surface area contributed by atoms with Gasteiger partial charge in [0, 0.05) is 43.3 Å². The summed E-state index contributed by atoms with van der Waals surface area (Å²) >= 11 is 0. The lowest BCUT2D eigenvalue weighted by Crippen LogP contribution is -2.35. The van der Waals surface area contributed by atoms with E-state index in [9.17, 15) is 14.7 Å². The molecule has 7 heteroatoms. The van der Waals surface area contributed by atoms with Crippen LogP contribution in [0.5, 0.6) is 5.75 Å². The number of phenols is 1. The SMILES string of the molecule is CCOC.CCOC(=O)CCc1ccc(C2c3[nH]c4ccc(O)cc4c3CCN2C=O)cc1. The second kappa shape index (κ2) is 11.5. The Morgan fingerprint density at radius 1 is 1.18 bits per heavy atom. The van der Waals surface area contributed by atoms with Gasteiger partial charge in [0.05, 0.1) is 12.6 Å². The predicted molar refractivity (Wildman–Crippen MR) is 127 cm³/mol.